The average molecular weight is 560 g/mol. The zero-order chi connectivity index (χ0) is 27.9. The first-order valence-corrected chi connectivity index (χ1v) is 13.4. The number of aliphatic imine (C=N–C) groups is 1. The van der Waals surface area contributed by atoms with Crippen LogP contribution in [-0.4, -0.2) is 61.8 Å². The highest BCUT2D eigenvalue weighted by Crippen LogP contribution is 2.42. The van der Waals surface area contributed by atoms with E-state index in [9.17, 15) is 31.0 Å². The second kappa shape index (κ2) is 9.86. The summed E-state index contributed by atoms with van der Waals surface area (Å²) in [5, 5.41) is 0. The van der Waals surface area contributed by atoms with Gasteiger partial charge in [0.15, 0.2) is 12.4 Å². The number of ketones is 1. The highest BCUT2D eigenvalue weighted by Gasteiger charge is 2.52. The van der Waals surface area contributed by atoms with Crippen LogP contribution < -0.4 is 10.5 Å². The van der Waals surface area contributed by atoms with Gasteiger partial charge in [0.25, 0.3) is 0 Å². The lowest BCUT2D eigenvalue weighted by Crippen LogP contribution is -2.57. The Labute approximate surface area is 216 Å². The van der Waals surface area contributed by atoms with E-state index in [1.807, 2.05) is 0 Å². The summed E-state index contributed by atoms with van der Waals surface area (Å²) >= 11 is 0. The lowest BCUT2D eigenvalue weighted by molar-refractivity contribution is -0.148. The first-order chi connectivity index (χ1) is 17.7. The van der Waals surface area contributed by atoms with Crippen molar-refractivity contribution in [3.05, 3.63) is 53.4 Å². The van der Waals surface area contributed by atoms with Crippen molar-refractivity contribution in [3.63, 3.8) is 0 Å². The first-order valence-electron chi connectivity index (χ1n) is 11.7. The van der Waals surface area contributed by atoms with Crippen LogP contribution in [0.3, 0.4) is 0 Å². The minimum atomic E-state index is -4.33. The fourth-order valence-electron chi connectivity index (χ4n) is 4.43. The Morgan fingerprint density at radius 1 is 1.24 bits per heavy atom. The highest BCUT2D eigenvalue weighted by atomic mass is 32.2. The van der Waals surface area contributed by atoms with Crippen molar-refractivity contribution in [2.75, 3.05) is 18.9 Å². The summed E-state index contributed by atoms with van der Waals surface area (Å²) in [5.74, 6) is -5.74. The van der Waals surface area contributed by atoms with Crippen molar-refractivity contribution in [2.24, 2.45) is 15.1 Å². The quantitative estimate of drug-likeness (QED) is 0.387. The van der Waals surface area contributed by atoms with Crippen molar-refractivity contribution in [1.82, 2.24) is 9.97 Å². The monoisotopic (exact) mass is 559 g/mol. The summed E-state index contributed by atoms with van der Waals surface area (Å²) in [5.41, 5.74) is 4.87. The highest BCUT2D eigenvalue weighted by molar-refractivity contribution is 7.95. The van der Waals surface area contributed by atoms with Crippen molar-refractivity contribution in [3.8, 4) is 5.75 Å². The molecule has 0 aliphatic carbocycles. The fourth-order valence-corrected chi connectivity index (χ4v) is 7.35. The third-order valence-electron chi connectivity index (χ3n) is 6.73. The molecule has 4 rings (SSSR count). The smallest absolute Gasteiger partial charge is 0.340 e. The van der Waals surface area contributed by atoms with E-state index in [2.05, 4.69) is 24.1 Å². The molecule has 8 nitrogen and oxygen atoms in total. The van der Waals surface area contributed by atoms with Gasteiger partial charge in [0.05, 0.1) is 28.1 Å². The molecule has 2 aliphatic heterocycles. The molecule has 2 aromatic heterocycles. The molecule has 0 aromatic carbocycles. The van der Waals surface area contributed by atoms with E-state index in [4.69, 9.17) is 5.73 Å². The third kappa shape index (κ3) is 5.09. The number of rotatable bonds is 8. The number of halogens is 5. The SMILES string of the molecule is C[C@@]12CCCN=[S@]1(=O)C[C@@](C)(c1nc(CC(=O)c3ccc(OCC(F)(F)C(F)F)cn3)ccc1F)N=C2N. The van der Waals surface area contributed by atoms with Crippen LogP contribution in [0.25, 0.3) is 0 Å². The number of amidine groups is 1. The Morgan fingerprint density at radius 2 is 1.97 bits per heavy atom. The number of alkyl halides is 4. The number of nitrogens with zero attached hydrogens (tertiary/aromatic N) is 4. The lowest BCUT2D eigenvalue weighted by atomic mass is 9.96. The number of pyridine rings is 2. The fraction of sp³-hybridized carbons (Fsp3) is 0.500. The molecule has 2 aliphatic rings. The summed E-state index contributed by atoms with van der Waals surface area (Å²) in [7, 11) is -2.87. The molecule has 2 aromatic rings. The number of carbonyl (C=O) groups excluding carboxylic acids is 1. The maximum Gasteiger partial charge on any atom is 0.340 e. The summed E-state index contributed by atoms with van der Waals surface area (Å²) < 4.78 is 87.5. The number of hydrogen-bond donors (Lipinski definition) is 1. The van der Waals surface area contributed by atoms with Crippen molar-refractivity contribution in [2.45, 2.75) is 55.7 Å². The van der Waals surface area contributed by atoms with E-state index in [0.29, 0.717) is 19.4 Å². The van der Waals surface area contributed by atoms with Gasteiger partial charge in [-0.1, -0.05) is 0 Å². The van der Waals surface area contributed by atoms with Gasteiger partial charge in [0.1, 0.15) is 39.1 Å². The molecule has 2 N–H and O–H groups in total. The van der Waals surface area contributed by atoms with Gasteiger partial charge in [0, 0.05) is 12.2 Å². The summed E-state index contributed by atoms with van der Waals surface area (Å²) in [6.45, 7) is 2.19. The standard InChI is InChI=1S/C24H26F5N5O3S/c1-22(13-38(36)23(2,21(30)34-22)8-3-9-32-38)19-16(25)6-4-14(33-19)10-18(35)17-7-5-15(11-31-17)37-12-24(28,29)20(26)27/h4-7,11,20H,3,8-10,12-13H2,1-2H3,(H2,30,34)/t22-,23-,38-/m0/s1. The molecule has 14 heteroatoms. The van der Waals surface area contributed by atoms with Crippen LogP contribution in [0, 0.1) is 5.82 Å². The first kappa shape index (κ1) is 27.9. The van der Waals surface area contributed by atoms with Crippen LogP contribution in [0.5, 0.6) is 5.75 Å². The minimum Gasteiger partial charge on any atom is -0.485 e. The Bertz CT molecular complexity index is 1390. The topological polar surface area (TPSA) is 120 Å². The minimum absolute atomic E-state index is 0.0727. The molecule has 0 amide bonds. The van der Waals surface area contributed by atoms with Crippen molar-refractivity contribution in [1.29, 1.82) is 0 Å². The van der Waals surface area contributed by atoms with E-state index in [-0.39, 0.29) is 40.8 Å². The Balaban J connectivity index is 1.54. The largest absolute Gasteiger partial charge is 0.485 e. The molecule has 206 valence electrons. The van der Waals surface area contributed by atoms with Crippen LogP contribution in [-0.2, 0) is 21.7 Å². The second-order valence-corrected chi connectivity index (χ2v) is 12.4. The Morgan fingerprint density at radius 3 is 2.63 bits per heavy atom. The molecule has 0 saturated heterocycles. The van der Waals surface area contributed by atoms with Crippen molar-refractivity contribution >= 4 is 21.3 Å². The van der Waals surface area contributed by atoms with E-state index in [1.165, 1.54) is 12.1 Å². The van der Waals surface area contributed by atoms with Gasteiger partial charge in [-0.05, 0) is 51.0 Å². The molecule has 38 heavy (non-hydrogen) atoms. The van der Waals surface area contributed by atoms with Gasteiger partial charge < -0.3 is 10.5 Å². The van der Waals surface area contributed by atoms with E-state index >= 15 is 0 Å². The maximum atomic E-state index is 15.0. The zero-order valence-corrected chi connectivity index (χ0v) is 21.4. The maximum absolute atomic E-state index is 15.0. The molecule has 0 unspecified atom stereocenters. The molecule has 3 atom stereocenters. The van der Waals surface area contributed by atoms with Gasteiger partial charge in [-0.15, -0.1) is 0 Å². The lowest BCUT2D eigenvalue weighted by Gasteiger charge is -2.43. The van der Waals surface area contributed by atoms with Gasteiger partial charge in [-0.3, -0.25) is 14.8 Å². The number of hydrogen-bond acceptors (Lipinski definition) is 8. The Hall–Kier alpha value is -3.16. The average Bonchev–Trinajstić information content (AvgIpc) is 2.85. The molecule has 4 heterocycles. The summed E-state index contributed by atoms with van der Waals surface area (Å²) in [6.07, 6.45) is -1.95. The Kier molecular flexibility index (Phi) is 7.23. The summed E-state index contributed by atoms with van der Waals surface area (Å²) in [4.78, 5) is 25.4. The molecule has 0 spiro atoms. The number of aromatic nitrogens is 2. The van der Waals surface area contributed by atoms with Crippen LogP contribution in [0.4, 0.5) is 22.0 Å². The normalized spacial score (nSPS) is 27.3. The molecule has 0 saturated carbocycles. The predicted octanol–water partition coefficient (Wildman–Crippen LogP) is 3.93. The zero-order valence-electron chi connectivity index (χ0n) is 20.6. The van der Waals surface area contributed by atoms with Crippen LogP contribution >= 0.6 is 0 Å². The van der Waals surface area contributed by atoms with Crippen LogP contribution in [0.1, 0.15) is 48.6 Å². The van der Waals surface area contributed by atoms with Gasteiger partial charge in [-0.2, -0.15) is 8.78 Å². The van der Waals surface area contributed by atoms with Crippen molar-refractivity contribution < 1.29 is 35.7 Å². The number of carbonyl (C=O) groups is 1. The van der Waals surface area contributed by atoms with E-state index in [1.54, 1.807) is 13.8 Å². The molecular formula is C24H26F5N5O3S. The molecular weight excluding hydrogens is 533 g/mol. The molecule has 0 fully saturated rings. The van der Waals surface area contributed by atoms with E-state index < -0.39 is 50.6 Å². The number of Topliss-reactive ketones (excluding diaryl/α,β-unsaturated/α-hetero) is 1. The van der Waals surface area contributed by atoms with Crippen LogP contribution in [0.15, 0.2) is 39.8 Å². The molecule has 0 radical (unpaired) electrons. The molecule has 0 bridgehead atoms. The van der Waals surface area contributed by atoms with Crippen LogP contribution in [0.2, 0.25) is 0 Å². The summed E-state index contributed by atoms with van der Waals surface area (Å²) in [6, 6.07) is 4.78. The number of nitrogens with two attached hydrogens (primary N) is 1. The predicted molar refractivity (Wildman–Crippen MR) is 130 cm³/mol. The van der Waals surface area contributed by atoms with E-state index in [0.717, 1.165) is 18.3 Å². The third-order valence-corrected chi connectivity index (χ3v) is 10.1. The van der Waals surface area contributed by atoms with Gasteiger partial charge in [-0.25, -0.2) is 26.7 Å². The number of ether oxygens (including phenoxy) is 1. The van der Waals surface area contributed by atoms with Gasteiger partial charge >= 0.3 is 12.3 Å². The second-order valence-electron chi connectivity index (χ2n) is 9.71. The van der Waals surface area contributed by atoms with Gasteiger partial charge in [0.2, 0.25) is 0 Å². The number of fused-ring (bicyclic) bond motifs is 1.